The second-order valence-electron chi connectivity index (χ2n) is 3.39. The fourth-order valence-electron chi connectivity index (χ4n) is 1.39. The predicted molar refractivity (Wildman–Crippen MR) is 63.5 cm³/mol. The normalized spacial score (nSPS) is 10.2. The number of aryl methyl sites for hydroxylation is 1. The number of rotatable bonds is 3. The monoisotopic (exact) mass is 252 g/mol. The number of nitrogens with one attached hydrogen (secondary N) is 1. The summed E-state index contributed by atoms with van der Waals surface area (Å²) in [7, 11) is 0. The number of aromatic nitrogens is 1. The van der Waals surface area contributed by atoms with Gasteiger partial charge in [0.2, 0.25) is 0 Å². The van der Waals surface area contributed by atoms with Gasteiger partial charge in [0.25, 0.3) is 0 Å². The standard InChI is InChI=1S/C11H9FN2O2S/c1-6-3-2-4-7(12)8(6)14-10-9(11(15)16)13-5-17-10/h2-5,14H,1H3,(H,15,16). The van der Waals surface area contributed by atoms with Gasteiger partial charge in [-0.25, -0.2) is 14.2 Å². The van der Waals surface area contributed by atoms with E-state index in [2.05, 4.69) is 10.3 Å². The number of para-hydroxylation sites is 1. The van der Waals surface area contributed by atoms with Crippen LogP contribution in [0.1, 0.15) is 16.1 Å². The van der Waals surface area contributed by atoms with E-state index in [1.165, 1.54) is 11.6 Å². The number of anilines is 2. The number of halogens is 1. The van der Waals surface area contributed by atoms with E-state index >= 15 is 0 Å². The van der Waals surface area contributed by atoms with Crippen LogP contribution < -0.4 is 5.32 Å². The van der Waals surface area contributed by atoms with Gasteiger partial charge in [0.15, 0.2) is 5.69 Å². The molecule has 2 aromatic rings. The lowest BCUT2D eigenvalue weighted by atomic mass is 10.2. The Hall–Kier alpha value is -1.95. The zero-order valence-corrected chi connectivity index (χ0v) is 9.71. The number of carboxylic acids is 1. The summed E-state index contributed by atoms with van der Waals surface area (Å²) in [6, 6.07) is 4.66. The van der Waals surface area contributed by atoms with Gasteiger partial charge in [-0.15, -0.1) is 11.3 Å². The second kappa shape index (κ2) is 4.50. The van der Waals surface area contributed by atoms with Gasteiger partial charge >= 0.3 is 5.97 Å². The molecule has 0 spiro atoms. The molecule has 2 N–H and O–H groups in total. The Morgan fingerprint density at radius 2 is 2.29 bits per heavy atom. The van der Waals surface area contributed by atoms with Crippen molar-refractivity contribution >= 4 is 28.0 Å². The molecule has 0 fully saturated rings. The molecule has 1 heterocycles. The SMILES string of the molecule is Cc1cccc(F)c1Nc1scnc1C(=O)O. The largest absolute Gasteiger partial charge is 0.476 e. The zero-order chi connectivity index (χ0) is 12.4. The molecule has 1 aromatic carbocycles. The number of carbonyl (C=O) groups is 1. The minimum Gasteiger partial charge on any atom is -0.476 e. The van der Waals surface area contributed by atoms with Crippen LogP contribution in [-0.4, -0.2) is 16.1 Å². The molecule has 4 nitrogen and oxygen atoms in total. The first-order chi connectivity index (χ1) is 8.09. The predicted octanol–water partition coefficient (Wildman–Crippen LogP) is 3.03. The molecule has 0 aliphatic rings. The van der Waals surface area contributed by atoms with Crippen molar-refractivity contribution in [1.29, 1.82) is 0 Å². The molecule has 0 unspecified atom stereocenters. The number of hydrogen-bond donors (Lipinski definition) is 2. The van der Waals surface area contributed by atoms with Crippen LogP contribution in [0, 0.1) is 12.7 Å². The van der Waals surface area contributed by atoms with E-state index in [4.69, 9.17) is 5.11 Å². The van der Waals surface area contributed by atoms with Crippen molar-refractivity contribution in [3.8, 4) is 0 Å². The maximum absolute atomic E-state index is 13.5. The summed E-state index contributed by atoms with van der Waals surface area (Å²) < 4.78 is 13.5. The first-order valence-corrected chi connectivity index (χ1v) is 5.66. The van der Waals surface area contributed by atoms with Crippen molar-refractivity contribution in [2.24, 2.45) is 0 Å². The first kappa shape index (κ1) is 11.5. The Labute approximate surface area is 101 Å². The molecule has 0 amide bonds. The molecule has 0 aliphatic carbocycles. The molecule has 1 aromatic heterocycles. The lowest BCUT2D eigenvalue weighted by molar-refractivity contribution is 0.0692. The third-order valence-electron chi connectivity index (χ3n) is 2.23. The highest BCUT2D eigenvalue weighted by Gasteiger charge is 2.15. The Morgan fingerprint density at radius 3 is 2.94 bits per heavy atom. The van der Waals surface area contributed by atoms with Crippen molar-refractivity contribution in [2.75, 3.05) is 5.32 Å². The maximum atomic E-state index is 13.5. The lowest BCUT2D eigenvalue weighted by Gasteiger charge is -2.08. The molecule has 0 radical (unpaired) electrons. The van der Waals surface area contributed by atoms with Gasteiger partial charge in [0, 0.05) is 0 Å². The minimum absolute atomic E-state index is 0.0994. The molecule has 0 bridgehead atoms. The summed E-state index contributed by atoms with van der Waals surface area (Å²) in [5.74, 6) is -1.56. The van der Waals surface area contributed by atoms with Crippen molar-refractivity contribution in [2.45, 2.75) is 6.92 Å². The summed E-state index contributed by atoms with van der Waals surface area (Å²) in [5.41, 5.74) is 2.29. The molecule has 0 saturated heterocycles. The molecular formula is C11H9FN2O2S. The number of aromatic carboxylic acids is 1. The number of nitrogens with zero attached hydrogens (tertiary/aromatic N) is 1. The van der Waals surface area contributed by atoms with E-state index in [1.807, 2.05) is 0 Å². The third kappa shape index (κ3) is 2.26. The molecular weight excluding hydrogens is 243 g/mol. The van der Waals surface area contributed by atoms with E-state index in [-0.39, 0.29) is 11.4 Å². The number of benzene rings is 1. The highest BCUT2D eigenvalue weighted by atomic mass is 32.1. The summed E-state index contributed by atoms with van der Waals surface area (Å²) in [6.45, 7) is 1.74. The third-order valence-corrected chi connectivity index (χ3v) is 2.97. The van der Waals surface area contributed by atoms with Gasteiger partial charge in [-0.2, -0.15) is 0 Å². The molecule has 0 atom stereocenters. The summed E-state index contributed by atoms with van der Waals surface area (Å²) >= 11 is 1.12. The Balaban J connectivity index is 2.38. The highest BCUT2D eigenvalue weighted by molar-refractivity contribution is 7.14. The number of hydrogen-bond acceptors (Lipinski definition) is 4. The van der Waals surface area contributed by atoms with E-state index in [0.717, 1.165) is 11.3 Å². The van der Waals surface area contributed by atoms with Gasteiger partial charge in [0.05, 0.1) is 11.2 Å². The van der Waals surface area contributed by atoms with E-state index < -0.39 is 11.8 Å². The molecule has 88 valence electrons. The zero-order valence-electron chi connectivity index (χ0n) is 8.90. The molecule has 0 saturated carbocycles. The number of thiazole rings is 1. The minimum atomic E-state index is -1.14. The Kier molecular flexibility index (Phi) is 3.06. The number of carboxylic acid groups (broad SMARTS) is 1. The highest BCUT2D eigenvalue weighted by Crippen LogP contribution is 2.28. The fraction of sp³-hybridized carbons (Fsp3) is 0.0909. The Bertz CT molecular complexity index is 548. The van der Waals surface area contributed by atoms with E-state index in [0.29, 0.717) is 10.6 Å². The van der Waals surface area contributed by atoms with Gasteiger partial charge < -0.3 is 10.4 Å². The first-order valence-electron chi connectivity index (χ1n) is 4.78. The summed E-state index contributed by atoms with van der Waals surface area (Å²) in [4.78, 5) is 14.6. The molecule has 6 heteroatoms. The average molecular weight is 252 g/mol. The smallest absolute Gasteiger partial charge is 0.357 e. The van der Waals surface area contributed by atoms with Crippen molar-refractivity contribution in [3.05, 3.63) is 40.8 Å². The molecule has 0 aliphatic heterocycles. The molecule has 2 rings (SSSR count). The van der Waals surface area contributed by atoms with Crippen molar-refractivity contribution in [3.63, 3.8) is 0 Å². The summed E-state index contributed by atoms with van der Waals surface area (Å²) in [6.07, 6.45) is 0. The van der Waals surface area contributed by atoms with Crippen molar-refractivity contribution < 1.29 is 14.3 Å². The van der Waals surface area contributed by atoms with Crippen LogP contribution in [0.25, 0.3) is 0 Å². The van der Waals surface area contributed by atoms with E-state index in [9.17, 15) is 9.18 Å². The molecule has 17 heavy (non-hydrogen) atoms. The van der Waals surface area contributed by atoms with E-state index in [1.54, 1.807) is 19.1 Å². The summed E-state index contributed by atoms with van der Waals surface area (Å²) in [5, 5.41) is 12.0. The van der Waals surface area contributed by atoms with Crippen LogP contribution in [0.2, 0.25) is 0 Å². The quantitative estimate of drug-likeness (QED) is 0.881. The van der Waals surface area contributed by atoms with Gasteiger partial charge in [-0.1, -0.05) is 12.1 Å². The van der Waals surface area contributed by atoms with Crippen LogP contribution in [0.15, 0.2) is 23.7 Å². The second-order valence-corrected chi connectivity index (χ2v) is 4.25. The topological polar surface area (TPSA) is 62.2 Å². The maximum Gasteiger partial charge on any atom is 0.357 e. The van der Waals surface area contributed by atoms with Crippen molar-refractivity contribution in [1.82, 2.24) is 4.98 Å². The average Bonchev–Trinajstić information content (AvgIpc) is 2.72. The van der Waals surface area contributed by atoms with Gasteiger partial charge in [-0.3, -0.25) is 0 Å². The van der Waals surface area contributed by atoms with Crippen LogP contribution in [0.3, 0.4) is 0 Å². The van der Waals surface area contributed by atoms with Gasteiger partial charge in [-0.05, 0) is 18.6 Å². The Morgan fingerprint density at radius 1 is 1.53 bits per heavy atom. The fourth-order valence-corrected chi connectivity index (χ4v) is 2.07. The lowest BCUT2D eigenvalue weighted by Crippen LogP contribution is -2.02. The van der Waals surface area contributed by atoms with Crippen LogP contribution in [0.4, 0.5) is 15.1 Å². The van der Waals surface area contributed by atoms with Gasteiger partial charge in [0.1, 0.15) is 10.8 Å². The van der Waals surface area contributed by atoms with Crippen LogP contribution in [-0.2, 0) is 0 Å². The van der Waals surface area contributed by atoms with Crippen LogP contribution in [0.5, 0.6) is 0 Å². The van der Waals surface area contributed by atoms with Crippen LogP contribution >= 0.6 is 11.3 Å².